The molecule has 1 saturated carbocycles. The molecule has 0 unspecified atom stereocenters. The molecule has 0 atom stereocenters. The summed E-state index contributed by atoms with van der Waals surface area (Å²) in [6.07, 6.45) is 8.95. The van der Waals surface area contributed by atoms with E-state index in [0.29, 0.717) is 55.0 Å². The minimum atomic E-state index is -1.01. The Balaban J connectivity index is 0.000000208. The summed E-state index contributed by atoms with van der Waals surface area (Å²) in [7, 11) is 0. The summed E-state index contributed by atoms with van der Waals surface area (Å²) in [6, 6.07) is 40.2. The summed E-state index contributed by atoms with van der Waals surface area (Å²) in [5.41, 5.74) is 14.2. The highest BCUT2D eigenvalue weighted by atomic mass is 16.5. The van der Waals surface area contributed by atoms with Crippen LogP contribution in [0.15, 0.2) is 152 Å². The van der Waals surface area contributed by atoms with E-state index in [1.165, 1.54) is 69.9 Å². The highest BCUT2D eigenvalue weighted by molar-refractivity contribution is 5.89. The number of pyridine rings is 3. The van der Waals surface area contributed by atoms with Crippen LogP contribution in [-0.4, -0.2) is 98.9 Å². The summed E-state index contributed by atoms with van der Waals surface area (Å²) in [5.74, 6) is 1.60. The lowest BCUT2D eigenvalue weighted by atomic mass is 9.80. The van der Waals surface area contributed by atoms with Gasteiger partial charge in [0, 0.05) is 72.8 Å². The summed E-state index contributed by atoms with van der Waals surface area (Å²) in [5, 5.41) is 36.6. The van der Waals surface area contributed by atoms with Crippen molar-refractivity contribution in [3.8, 4) is 5.75 Å². The SMILES string of the molecule is CC(C)(C)c1cc(N(Cc2ccccc2)c2ccc(C(=O)O)cn2)cc(C(C)(C)C)c1.CC(C)CN(c1ccc(C(=O)O)cn1)c1nc(C(C)(C)C)cc(C(C)(C)C)n1.CCN(c1cc(C(C)(C)C)cc(C(C)(C)C)c1)c1ccc(C(=O)O)cn1.Cc1cc(C(C)C)c(OCC(C)C)cc1C1(c2ncc(C(=O)O)cn2)CC1. The van der Waals surface area contributed by atoms with Gasteiger partial charge in [0.25, 0.3) is 0 Å². The molecule has 4 aromatic carbocycles. The largest absolute Gasteiger partial charge is 0.493 e. The Morgan fingerprint density at radius 2 is 0.830 bits per heavy atom. The van der Waals surface area contributed by atoms with E-state index in [2.05, 4.69) is 281 Å². The maximum Gasteiger partial charge on any atom is 0.338 e. The van der Waals surface area contributed by atoms with Crippen molar-refractivity contribution in [3.63, 3.8) is 0 Å². The number of aromatic nitrogens is 7. The quantitative estimate of drug-likeness (QED) is 0.0521. The lowest BCUT2D eigenvalue weighted by Crippen LogP contribution is -2.29. The van der Waals surface area contributed by atoms with Crippen LogP contribution in [0.2, 0.25) is 0 Å². The van der Waals surface area contributed by atoms with Crippen LogP contribution in [0.4, 0.5) is 34.8 Å². The first-order valence-corrected chi connectivity index (χ1v) is 38.9. The number of benzene rings is 4. The predicted octanol–water partition coefficient (Wildman–Crippen LogP) is 21.9. The molecular formula is C93H122N10O9. The van der Waals surface area contributed by atoms with E-state index in [4.69, 9.17) is 30.0 Å². The molecule has 10 rings (SSSR count). The first kappa shape index (κ1) is 88.8. The summed E-state index contributed by atoms with van der Waals surface area (Å²) in [6.45, 7) is 59.3. The van der Waals surface area contributed by atoms with Gasteiger partial charge in [0.15, 0.2) is 0 Å². The van der Waals surface area contributed by atoms with Gasteiger partial charge in [-0.15, -0.1) is 0 Å². The van der Waals surface area contributed by atoms with Gasteiger partial charge >= 0.3 is 23.9 Å². The Morgan fingerprint density at radius 1 is 0.446 bits per heavy atom. The molecule has 5 aromatic heterocycles. The average molecular weight is 1520 g/mol. The topological polar surface area (TPSA) is 258 Å². The zero-order valence-electron chi connectivity index (χ0n) is 71.2. The summed E-state index contributed by atoms with van der Waals surface area (Å²) < 4.78 is 6.15. The smallest absolute Gasteiger partial charge is 0.338 e. The molecule has 9 aromatic rings. The second-order valence-electron chi connectivity index (χ2n) is 36.7. The second-order valence-corrected chi connectivity index (χ2v) is 36.7. The van der Waals surface area contributed by atoms with Crippen LogP contribution in [0, 0.1) is 18.8 Å². The van der Waals surface area contributed by atoms with Gasteiger partial charge in [0.1, 0.15) is 29.0 Å². The fourth-order valence-corrected chi connectivity index (χ4v) is 12.3. The van der Waals surface area contributed by atoms with Gasteiger partial charge in [-0.2, -0.15) is 0 Å². The van der Waals surface area contributed by atoms with Crippen LogP contribution in [-0.2, 0) is 44.4 Å². The molecule has 598 valence electrons. The lowest BCUT2D eigenvalue weighted by molar-refractivity contribution is 0.0685. The predicted molar refractivity (Wildman–Crippen MR) is 452 cm³/mol. The fourth-order valence-electron chi connectivity index (χ4n) is 12.3. The van der Waals surface area contributed by atoms with Crippen molar-refractivity contribution in [3.05, 3.63) is 236 Å². The van der Waals surface area contributed by atoms with Crippen LogP contribution in [0.25, 0.3) is 0 Å². The highest BCUT2D eigenvalue weighted by Gasteiger charge is 2.50. The minimum Gasteiger partial charge on any atom is -0.493 e. The van der Waals surface area contributed by atoms with Gasteiger partial charge in [-0.25, -0.2) is 54.1 Å². The first-order chi connectivity index (χ1) is 51.9. The molecular weight excluding hydrogens is 1400 g/mol. The number of carboxylic acid groups (broad SMARTS) is 4. The van der Waals surface area contributed by atoms with E-state index in [9.17, 15) is 24.3 Å². The van der Waals surface area contributed by atoms with Gasteiger partial charge in [-0.05, 0) is 183 Å². The molecule has 112 heavy (non-hydrogen) atoms. The molecule has 0 amide bonds. The number of carbonyl (C=O) groups is 4. The molecule has 5 heterocycles. The summed E-state index contributed by atoms with van der Waals surface area (Å²) >= 11 is 0. The van der Waals surface area contributed by atoms with Crippen molar-refractivity contribution in [2.75, 3.05) is 34.4 Å². The Morgan fingerprint density at radius 3 is 1.16 bits per heavy atom. The third-order valence-electron chi connectivity index (χ3n) is 19.4. The number of rotatable bonds is 21. The molecule has 19 heteroatoms. The maximum atomic E-state index is 11.3. The van der Waals surface area contributed by atoms with Crippen LogP contribution in [0.1, 0.15) is 295 Å². The van der Waals surface area contributed by atoms with Crippen LogP contribution in [0.5, 0.6) is 5.75 Å². The fraction of sp³-hybridized carbons (Fsp3) is 0.452. The number of aryl methyl sites for hydroxylation is 1. The molecule has 4 N–H and O–H groups in total. The Labute approximate surface area is 665 Å². The van der Waals surface area contributed by atoms with E-state index in [-0.39, 0.29) is 60.2 Å². The summed E-state index contributed by atoms with van der Waals surface area (Å²) in [4.78, 5) is 82.6. The zero-order valence-corrected chi connectivity index (χ0v) is 71.2. The van der Waals surface area contributed by atoms with Crippen molar-refractivity contribution >= 4 is 58.7 Å². The monoisotopic (exact) mass is 1520 g/mol. The molecule has 19 nitrogen and oxygen atoms in total. The lowest BCUT2D eigenvalue weighted by Gasteiger charge is -2.30. The van der Waals surface area contributed by atoms with Crippen molar-refractivity contribution in [1.82, 2.24) is 34.9 Å². The van der Waals surface area contributed by atoms with E-state index < -0.39 is 23.9 Å². The van der Waals surface area contributed by atoms with Gasteiger partial charge in [0.2, 0.25) is 5.95 Å². The van der Waals surface area contributed by atoms with Gasteiger partial charge in [0.05, 0.1) is 45.7 Å². The molecule has 1 fully saturated rings. The van der Waals surface area contributed by atoms with Crippen molar-refractivity contribution < 1.29 is 44.3 Å². The highest BCUT2D eigenvalue weighted by Crippen LogP contribution is 2.54. The Hall–Kier alpha value is -10.4. The van der Waals surface area contributed by atoms with Gasteiger partial charge < -0.3 is 35.0 Å². The van der Waals surface area contributed by atoms with E-state index in [0.717, 1.165) is 65.1 Å². The van der Waals surface area contributed by atoms with Crippen LogP contribution >= 0.6 is 0 Å². The maximum absolute atomic E-state index is 11.3. The van der Waals surface area contributed by atoms with E-state index in [1.54, 1.807) is 36.4 Å². The number of hydrogen-bond acceptors (Lipinski definition) is 15. The Bertz CT molecular complexity index is 4590. The minimum absolute atomic E-state index is 0.00494. The number of hydrogen-bond donors (Lipinski definition) is 4. The van der Waals surface area contributed by atoms with E-state index in [1.807, 2.05) is 23.1 Å². The molecule has 0 spiro atoms. The molecule has 0 aliphatic heterocycles. The van der Waals surface area contributed by atoms with E-state index >= 15 is 0 Å². The third-order valence-corrected chi connectivity index (χ3v) is 19.4. The number of nitrogens with zero attached hydrogens (tertiary/aromatic N) is 10. The number of carboxylic acids is 4. The van der Waals surface area contributed by atoms with Crippen LogP contribution in [0.3, 0.4) is 0 Å². The number of aromatic carboxylic acids is 4. The van der Waals surface area contributed by atoms with Crippen LogP contribution < -0.4 is 19.4 Å². The number of anilines is 6. The second kappa shape index (κ2) is 35.9. The van der Waals surface area contributed by atoms with Gasteiger partial charge in [-0.1, -0.05) is 215 Å². The zero-order chi connectivity index (χ0) is 83.6. The molecule has 1 aliphatic rings. The van der Waals surface area contributed by atoms with Crippen molar-refractivity contribution in [2.45, 2.75) is 243 Å². The molecule has 0 saturated heterocycles. The molecule has 0 radical (unpaired) electrons. The Kier molecular flexibility index (Phi) is 28.5. The van der Waals surface area contributed by atoms with Gasteiger partial charge in [-0.3, -0.25) is 4.90 Å². The van der Waals surface area contributed by atoms with Crippen molar-refractivity contribution in [2.24, 2.45) is 11.8 Å². The normalized spacial score (nSPS) is 12.9. The third kappa shape index (κ3) is 23.8. The number of ether oxygens (including phenoxy) is 1. The van der Waals surface area contributed by atoms with Crippen molar-refractivity contribution in [1.29, 1.82) is 0 Å². The molecule has 1 aliphatic carbocycles. The standard InChI is InChI=1S/C27H32N2O2.C22H32N4O2.C22H28N2O3.C22H30N2O2/c1-26(2,3)21-14-22(27(4,5)6)16-23(15-21)29(18-19-10-8-7-9-11-19)24-13-12-20(17-28-24)25(30)31;1-14(2)13-26(18-10-9-15(12-23-18)19(27)28)20-24-16(21(3,4)5)11-17(25-20)22(6,7)8;1-13(2)12-27-19-9-18(15(5)8-17(19)14(3)4)22(6-7-22)21-23-10-16(11-24-21)20(25)26;1-8-24(19-10-9-15(14-23-19)20(25)26)18-12-16(21(2,3)4)11-17(13-18)22(5,6)7/h7-17H,18H2,1-6H3,(H,30,31);9-12,14H,13H2,1-8H3,(H,27,28);8-11,13-14H,6-7,12H2,1-5H3,(H,25,26);9-14H,8H2,1-7H3,(H,25,26). The molecule has 0 bridgehead atoms. The first-order valence-electron chi connectivity index (χ1n) is 38.9. The average Bonchev–Trinajstić information content (AvgIpc) is 1.57.